The van der Waals surface area contributed by atoms with E-state index in [0.29, 0.717) is 12.2 Å². The van der Waals surface area contributed by atoms with Crippen LogP contribution in [0.1, 0.15) is 34.6 Å². The molecular formula is C21H19N3O2. The lowest BCUT2D eigenvalue weighted by molar-refractivity contribution is 0.0980. The van der Waals surface area contributed by atoms with Crippen molar-refractivity contribution in [2.75, 3.05) is 11.4 Å². The van der Waals surface area contributed by atoms with E-state index in [1.165, 1.54) is 6.07 Å². The first-order chi connectivity index (χ1) is 12.6. The van der Waals surface area contributed by atoms with E-state index in [-0.39, 0.29) is 22.9 Å². The average molecular weight is 345 g/mol. The molecule has 0 bridgehead atoms. The number of aryl methyl sites for hydroxylation is 1. The zero-order chi connectivity index (χ0) is 18.3. The first-order valence-electron chi connectivity index (χ1n) is 8.63. The van der Waals surface area contributed by atoms with Crippen LogP contribution in [0.5, 0.6) is 0 Å². The van der Waals surface area contributed by atoms with E-state index in [9.17, 15) is 9.59 Å². The number of fused-ring (bicyclic) bond motifs is 1. The SMILES string of the molecule is Cc1cc(=O)c(C(=O)N2C[C@H](C)c3ccccc32)nn1-c1ccccc1. The van der Waals surface area contributed by atoms with Crippen LogP contribution in [0.3, 0.4) is 0 Å². The molecule has 1 aliphatic heterocycles. The number of hydrogen-bond acceptors (Lipinski definition) is 3. The summed E-state index contributed by atoms with van der Waals surface area (Å²) >= 11 is 0. The maximum absolute atomic E-state index is 13.1. The van der Waals surface area contributed by atoms with E-state index >= 15 is 0 Å². The fourth-order valence-corrected chi connectivity index (χ4v) is 3.47. The number of benzene rings is 2. The molecule has 5 heteroatoms. The van der Waals surface area contributed by atoms with Crippen LogP contribution in [0.25, 0.3) is 5.69 Å². The molecule has 0 unspecified atom stereocenters. The van der Waals surface area contributed by atoms with Crippen LogP contribution >= 0.6 is 0 Å². The Balaban J connectivity index is 1.79. The van der Waals surface area contributed by atoms with Crippen molar-refractivity contribution in [1.29, 1.82) is 0 Å². The summed E-state index contributed by atoms with van der Waals surface area (Å²) in [5, 5.41) is 4.40. The molecule has 0 saturated carbocycles. The minimum absolute atomic E-state index is 0.0524. The van der Waals surface area contributed by atoms with Crippen LogP contribution in [-0.4, -0.2) is 22.2 Å². The molecule has 1 amide bonds. The van der Waals surface area contributed by atoms with Gasteiger partial charge in [-0.05, 0) is 30.7 Å². The highest BCUT2D eigenvalue weighted by Gasteiger charge is 2.32. The summed E-state index contributed by atoms with van der Waals surface area (Å²) in [7, 11) is 0. The lowest BCUT2D eigenvalue weighted by atomic mass is 10.0. The van der Waals surface area contributed by atoms with Crippen LogP contribution in [0.15, 0.2) is 65.5 Å². The highest BCUT2D eigenvalue weighted by Crippen LogP contribution is 2.36. The fraction of sp³-hybridized carbons (Fsp3) is 0.190. The topological polar surface area (TPSA) is 55.2 Å². The van der Waals surface area contributed by atoms with Gasteiger partial charge in [-0.1, -0.05) is 43.3 Å². The Morgan fingerprint density at radius 2 is 1.77 bits per heavy atom. The van der Waals surface area contributed by atoms with Crippen molar-refractivity contribution >= 4 is 11.6 Å². The van der Waals surface area contributed by atoms with Crippen molar-refractivity contribution in [2.45, 2.75) is 19.8 Å². The molecule has 26 heavy (non-hydrogen) atoms. The first-order valence-corrected chi connectivity index (χ1v) is 8.63. The number of anilines is 1. The monoisotopic (exact) mass is 345 g/mol. The van der Waals surface area contributed by atoms with Gasteiger partial charge in [-0.2, -0.15) is 5.10 Å². The normalized spacial score (nSPS) is 15.8. The second kappa shape index (κ2) is 6.26. The molecule has 0 N–H and O–H groups in total. The van der Waals surface area contributed by atoms with Crippen molar-refractivity contribution in [3.63, 3.8) is 0 Å². The number of rotatable bonds is 2. The minimum atomic E-state index is -0.350. The molecule has 1 aliphatic rings. The van der Waals surface area contributed by atoms with Gasteiger partial charge in [-0.25, -0.2) is 4.68 Å². The Morgan fingerprint density at radius 3 is 2.54 bits per heavy atom. The standard InChI is InChI=1S/C21H19N3O2/c1-14-13-23(18-11-7-6-10-17(14)18)21(26)20-19(25)12-15(2)24(22-20)16-8-4-3-5-9-16/h3-12,14H,13H2,1-2H3/t14-/m0/s1. The average Bonchev–Trinajstić information content (AvgIpc) is 2.99. The molecule has 0 fully saturated rings. The zero-order valence-corrected chi connectivity index (χ0v) is 14.7. The number of amides is 1. The Labute approximate surface area is 151 Å². The molecule has 2 heterocycles. The molecule has 0 radical (unpaired) electrons. The predicted molar refractivity (Wildman–Crippen MR) is 101 cm³/mol. The van der Waals surface area contributed by atoms with Gasteiger partial charge < -0.3 is 4.90 Å². The molecule has 1 atom stereocenters. The maximum atomic E-state index is 13.1. The largest absolute Gasteiger partial charge is 0.306 e. The van der Waals surface area contributed by atoms with Gasteiger partial charge >= 0.3 is 0 Å². The number of para-hydroxylation sites is 2. The summed E-state index contributed by atoms with van der Waals surface area (Å²) in [6, 6.07) is 18.8. The lowest BCUT2D eigenvalue weighted by Crippen LogP contribution is -2.35. The number of carbonyl (C=O) groups is 1. The summed E-state index contributed by atoms with van der Waals surface area (Å²) in [6.45, 7) is 4.44. The van der Waals surface area contributed by atoms with Crippen LogP contribution in [0.2, 0.25) is 0 Å². The highest BCUT2D eigenvalue weighted by molar-refractivity contribution is 6.06. The van der Waals surface area contributed by atoms with Crippen molar-refractivity contribution in [1.82, 2.24) is 9.78 Å². The Kier molecular flexibility index (Phi) is 3.92. The Morgan fingerprint density at radius 1 is 1.08 bits per heavy atom. The second-order valence-electron chi connectivity index (χ2n) is 6.62. The van der Waals surface area contributed by atoms with Crippen LogP contribution in [0.4, 0.5) is 5.69 Å². The number of aromatic nitrogens is 2. The molecule has 4 rings (SSSR count). The van der Waals surface area contributed by atoms with E-state index < -0.39 is 0 Å². The molecule has 1 aromatic heterocycles. The van der Waals surface area contributed by atoms with Crippen LogP contribution in [0, 0.1) is 6.92 Å². The third-order valence-electron chi connectivity index (χ3n) is 4.77. The molecule has 0 saturated heterocycles. The first kappa shape index (κ1) is 16.3. The van der Waals surface area contributed by atoms with Crippen molar-refractivity contribution in [2.24, 2.45) is 0 Å². The van der Waals surface area contributed by atoms with Gasteiger partial charge in [0.15, 0.2) is 5.69 Å². The van der Waals surface area contributed by atoms with Crippen molar-refractivity contribution < 1.29 is 4.79 Å². The summed E-state index contributed by atoms with van der Waals surface area (Å²) in [6.07, 6.45) is 0. The number of hydrogen-bond donors (Lipinski definition) is 0. The van der Waals surface area contributed by atoms with Gasteiger partial charge in [0.2, 0.25) is 5.43 Å². The molecule has 3 aromatic rings. The van der Waals surface area contributed by atoms with Gasteiger partial charge in [-0.15, -0.1) is 0 Å². The molecule has 2 aromatic carbocycles. The molecule has 0 spiro atoms. The van der Waals surface area contributed by atoms with E-state index in [0.717, 1.165) is 16.9 Å². The van der Waals surface area contributed by atoms with E-state index in [2.05, 4.69) is 12.0 Å². The van der Waals surface area contributed by atoms with Crippen molar-refractivity contribution in [3.05, 3.63) is 87.8 Å². The van der Waals surface area contributed by atoms with E-state index in [4.69, 9.17) is 0 Å². The third kappa shape index (κ3) is 2.62. The smallest absolute Gasteiger partial charge is 0.282 e. The summed E-state index contributed by atoms with van der Waals surface area (Å²) in [5.74, 6) is -0.117. The van der Waals surface area contributed by atoms with E-state index in [1.807, 2.05) is 61.5 Å². The molecule has 0 aliphatic carbocycles. The zero-order valence-electron chi connectivity index (χ0n) is 14.7. The van der Waals surface area contributed by atoms with Gasteiger partial charge in [0.05, 0.1) is 5.69 Å². The highest BCUT2D eigenvalue weighted by atomic mass is 16.2. The maximum Gasteiger partial charge on any atom is 0.282 e. The Bertz CT molecular complexity index is 1040. The third-order valence-corrected chi connectivity index (χ3v) is 4.77. The van der Waals surface area contributed by atoms with Gasteiger partial charge in [0, 0.05) is 29.9 Å². The fourth-order valence-electron chi connectivity index (χ4n) is 3.47. The minimum Gasteiger partial charge on any atom is -0.306 e. The Hall–Kier alpha value is -3.21. The van der Waals surface area contributed by atoms with Gasteiger partial charge in [-0.3, -0.25) is 9.59 Å². The summed E-state index contributed by atoms with van der Waals surface area (Å²) < 4.78 is 1.64. The predicted octanol–water partition coefficient (Wildman–Crippen LogP) is 3.30. The quantitative estimate of drug-likeness (QED) is 0.716. The molecule has 5 nitrogen and oxygen atoms in total. The number of carbonyl (C=O) groups excluding carboxylic acids is 1. The van der Waals surface area contributed by atoms with Gasteiger partial charge in [0.25, 0.3) is 5.91 Å². The lowest BCUT2D eigenvalue weighted by Gasteiger charge is -2.18. The summed E-state index contributed by atoms with van der Waals surface area (Å²) in [5.41, 5.74) is 3.08. The van der Waals surface area contributed by atoms with Crippen molar-refractivity contribution in [3.8, 4) is 5.69 Å². The summed E-state index contributed by atoms with van der Waals surface area (Å²) in [4.78, 5) is 27.3. The van der Waals surface area contributed by atoms with Gasteiger partial charge in [0.1, 0.15) is 0 Å². The second-order valence-corrected chi connectivity index (χ2v) is 6.62. The molecular weight excluding hydrogens is 326 g/mol. The van der Waals surface area contributed by atoms with Crippen LogP contribution in [-0.2, 0) is 0 Å². The van der Waals surface area contributed by atoms with Crippen LogP contribution < -0.4 is 10.3 Å². The van der Waals surface area contributed by atoms with E-state index in [1.54, 1.807) is 9.58 Å². The molecule has 130 valence electrons. The number of nitrogens with zero attached hydrogens (tertiary/aromatic N) is 3.